The lowest BCUT2D eigenvalue weighted by atomic mass is 10.2. The van der Waals surface area contributed by atoms with Crippen LogP contribution in [0.3, 0.4) is 0 Å². The van der Waals surface area contributed by atoms with Crippen molar-refractivity contribution in [2.24, 2.45) is 0 Å². The molecule has 0 bridgehead atoms. The minimum atomic E-state index is -0.297. The van der Waals surface area contributed by atoms with E-state index < -0.39 is 0 Å². The molecular weight excluding hydrogens is 296 g/mol. The lowest BCUT2D eigenvalue weighted by molar-refractivity contribution is -0.146. The molecule has 0 amide bonds. The van der Waals surface area contributed by atoms with E-state index in [1.54, 1.807) is 0 Å². The van der Waals surface area contributed by atoms with Crippen molar-refractivity contribution in [3.05, 3.63) is 35.9 Å². The monoisotopic (exact) mass is 324 g/mol. The Bertz CT molecular complexity index is 434. The van der Waals surface area contributed by atoms with Gasteiger partial charge in [-0.15, -0.1) is 0 Å². The van der Waals surface area contributed by atoms with Gasteiger partial charge in [-0.2, -0.15) is 0 Å². The quantitative estimate of drug-likeness (QED) is 0.586. The summed E-state index contributed by atoms with van der Waals surface area (Å²) < 4.78 is 21.9. The van der Waals surface area contributed by atoms with Crippen molar-refractivity contribution < 1.29 is 23.7 Å². The van der Waals surface area contributed by atoms with Gasteiger partial charge in [0.1, 0.15) is 6.61 Å². The van der Waals surface area contributed by atoms with Gasteiger partial charge in [-0.05, 0) is 26.3 Å². The topological polar surface area (TPSA) is 54.0 Å². The van der Waals surface area contributed by atoms with E-state index >= 15 is 0 Å². The van der Waals surface area contributed by atoms with Crippen molar-refractivity contribution in [1.29, 1.82) is 0 Å². The second-order valence-electron chi connectivity index (χ2n) is 5.70. The maximum atomic E-state index is 10.7. The zero-order valence-corrected chi connectivity index (χ0v) is 14.5. The highest BCUT2D eigenvalue weighted by molar-refractivity contribution is 5.65. The van der Waals surface area contributed by atoms with Gasteiger partial charge in [-0.25, -0.2) is 0 Å². The summed E-state index contributed by atoms with van der Waals surface area (Å²) in [6, 6.07) is 10.1. The molecule has 23 heavy (non-hydrogen) atoms. The summed E-state index contributed by atoms with van der Waals surface area (Å²) in [4.78, 5) is 10.7. The van der Waals surface area contributed by atoms with Gasteiger partial charge in [0.25, 0.3) is 0 Å². The minimum Gasteiger partial charge on any atom is -0.463 e. The Morgan fingerprint density at radius 3 is 1.96 bits per heavy atom. The summed E-state index contributed by atoms with van der Waals surface area (Å²) in [6.07, 6.45) is -0.176. The third kappa shape index (κ3) is 10.0. The summed E-state index contributed by atoms with van der Waals surface area (Å²) >= 11 is 0. The van der Waals surface area contributed by atoms with E-state index in [1.807, 2.05) is 51.1 Å². The van der Waals surface area contributed by atoms with E-state index in [2.05, 4.69) is 0 Å². The molecule has 1 aromatic rings. The van der Waals surface area contributed by atoms with Crippen LogP contribution in [0.2, 0.25) is 0 Å². The number of ether oxygens (including phenoxy) is 4. The fourth-order valence-corrected chi connectivity index (χ4v) is 1.79. The van der Waals surface area contributed by atoms with Crippen LogP contribution in [0.5, 0.6) is 0 Å². The number of carbonyl (C=O) groups is 1. The molecule has 0 heterocycles. The maximum absolute atomic E-state index is 10.7. The molecule has 0 N–H and O–H groups in total. The first-order chi connectivity index (χ1) is 11.0. The molecule has 0 aromatic heterocycles. The summed E-state index contributed by atoms with van der Waals surface area (Å²) in [6.45, 7) is 8.98. The molecule has 0 fully saturated rings. The fourth-order valence-electron chi connectivity index (χ4n) is 1.79. The zero-order chi connectivity index (χ0) is 17.1. The molecule has 0 saturated heterocycles. The Morgan fingerprint density at radius 2 is 1.39 bits per heavy atom. The van der Waals surface area contributed by atoms with E-state index in [0.717, 1.165) is 5.56 Å². The SMILES string of the molecule is CC(=O)OCC(C)OCC(C)OCC(C)OCc1ccccc1. The van der Waals surface area contributed by atoms with Crippen molar-refractivity contribution in [2.75, 3.05) is 19.8 Å². The molecule has 1 rings (SSSR count). The van der Waals surface area contributed by atoms with Gasteiger partial charge in [0, 0.05) is 6.92 Å². The first kappa shape index (κ1) is 19.6. The molecule has 3 unspecified atom stereocenters. The number of esters is 1. The second-order valence-corrected chi connectivity index (χ2v) is 5.70. The number of benzene rings is 1. The molecule has 5 heteroatoms. The van der Waals surface area contributed by atoms with Crippen LogP contribution >= 0.6 is 0 Å². The number of carbonyl (C=O) groups excluding carboxylic acids is 1. The summed E-state index contributed by atoms with van der Waals surface area (Å²) in [5, 5.41) is 0. The number of hydrogen-bond donors (Lipinski definition) is 0. The van der Waals surface area contributed by atoms with E-state index in [9.17, 15) is 4.79 Å². The zero-order valence-electron chi connectivity index (χ0n) is 14.5. The Kier molecular flexibility index (Phi) is 9.52. The molecule has 0 spiro atoms. The standard InChI is InChI=1S/C18H28O5/c1-14(10-21-16(3)12-23-17(4)19)20-11-15(2)22-13-18-8-6-5-7-9-18/h5-9,14-16H,10-13H2,1-4H3. The van der Waals surface area contributed by atoms with Crippen LogP contribution in [-0.2, 0) is 30.3 Å². The van der Waals surface area contributed by atoms with Crippen LogP contribution < -0.4 is 0 Å². The molecule has 130 valence electrons. The lowest BCUT2D eigenvalue weighted by Gasteiger charge is -2.20. The van der Waals surface area contributed by atoms with E-state index in [4.69, 9.17) is 18.9 Å². The van der Waals surface area contributed by atoms with Crippen LogP contribution in [0.25, 0.3) is 0 Å². The van der Waals surface area contributed by atoms with Gasteiger partial charge >= 0.3 is 5.97 Å². The van der Waals surface area contributed by atoms with Crippen LogP contribution in [0, 0.1) is 0 Å². The molecule has 0 aliphatic carbocycles. The predicted molar refractivity (Wildman–Crippen MR) is 88.2 cm³/mol. The van der Waals surface area contributed by atoms with Gasteiger partial charge < -0.3 is 18.9 Å². The third-order valence-electron chi connectivity index (χ3n) is 3.13. The maximum Gasteiger partial charge on any atom is 0.302 e. The first-order valence-corrected chi connectivity index (χ1v) is 7.99. The van der Waals surface area contributed by atoms with Crippen molar-refractivity contribution >= 4 is 5.97 Å². The molecule has 3 atom stereocenters. The molecule has 0 aliphatic heterocycles. The van der Waals surface area contributed by atoms with Crippen molar-refractivity contribution in [3.8, 4) is 0 Å². The van der Waals surface area contributed by atoms with Gasteiger partial charge in [0.05, 0.1) is 38.1 Å². The van der Waals surface area contributed by atoms with Crippen LogP contribution in [0.15, 0.2) is 30.3 Å². The van der Waals surface area contributed by atoms with Gasteiger partial charge in [-0.1, -0.05) is 30.3 Å². The Morgan fingerprint density at radius 1 is 0.870 bits per heavy atom. The molecule has 0 aliphatic rings. The first-order valence-electron chi connectivity index (χ1n) is 7.99. The van der Waals surface area contributed by atoms with E-state index in [0.29, 0.717) is 19.8 Å². The average molecular weight is 324 g/mol. The van der Waals surface area contributed by atoms with Gasteiger partial charge in [0.2, 0.25) is 0 Å². The smallest absolute Gasteiger partial charge is 0.302 e. The van der Waals surface area contributed by atoms with Gasteiger partial charge in [-0.3, -0.25) is 4.79 Å². The largest absolute Gasteiger partial charge is 0.463 e. The lowest BCUT2D eigenvalue weighted by Crippen LogP contribution is -2.27. The number of hydrogen-bond acceptors (Lipinski definition) is 5. The van der Waals surface area contributed by atoms with Crippen molar-refractivity contribution in [3.63, 3.8) is 0 Å². The molecular formula is C18H28O5. The fraction of sp³-hybridized carbons (Fsp3) is 0.611. The Labute approximate surface area is 138 Å². The highest BCUT2D eigenvalue weighted by atomic mass is 16.6. The number of rotatable bonds is 11. The van der Waals surface area contributed by atoms with Gasteiger partial charge in [0.15, 0.2) is 0 Å². The third-order valence-corrected chi connectivity index (χ3v) is 3.13. The Hall–Kier alpha value is -1.43. The summed E-state index contributed by atoms with van der Waals surface area (Å²) in [7, 11) is 0. The predicted octanol–water partition coefficient (Wildman–Crippen LogP) is 2.97. The molecule has 5 nitrogen and oxygen atoms in total. The molecule has 1 aromatic carbocycles. The Balaban J connectivity index is 2.10. The average Bonchev–Trinajstić information content (AvgIpc) is 2.55. The molecule has 0 radical (unpaired) electrons. The summed E-state index contributed by atoms with van der Waals surface area (Å²) in [5.41, 5.74) is 1.15. The van der Waals surface area contributed by atoms with E-state index in [1.165, 1.54) is 6.92 Å². The molecule has 0 saturated carbocycles. The van der Waals surface area contributed by atoms with Crippen LogP contribution in [0.1, 0.15) is 33.3 Å². The van der Waals surface area contributed by atoms with Crippen LogP contribution in [0.4, 0.5) is 0 Å². The highest BCUT2D eigenvalue weighted by Gasteiger charge is 2.10. The van der Waals surface area contributed by atoms with Crippen LogP contribution in [-0.4, -0.2) is 44.1 Å². The second kappa shape index (κ2) is 11.2. The highest BCUT2D eigenvalue weighted by Crippen LogP contribution is 2.05. The van der Waals surface area contributed by atoms with Crippen molar-refractivity contribution in [2.45, 2.75) is 52.6 Å². The summed E-state index contributed by atoms with van der Waals surface area (Å²) in [5.74, 6) is -0.297. The van der Waals surface area contributed by atoms with Crippen molar-refractivity contribution in [1.82, 2.24) is 0 Å². The normalized spacial score (nSPS) is 15.0. The minimum absolute atomic E-state index is 0.0103. The van der Waals surface area contributed by atoms with E-state index in [-0.39, 0.29) is 30.9 Å².